The molecule has 1 aliphatic heterocycles. The first kappa shape index (κ1) is 18.7. The summed E-state index contributed by atoms with van der Waals surface area (Å²) in [6, 6.07) is 9.44. The van der Waals surface area contributed by atoms with E-state index in [2.05, 4.69) is 24.5 Å². The number of alkyl carbamates (subject to hydrolysis) is 1. The predicted molar refractivity (Wildman–Crippen MR) is 91.4 cm³/mol. The highest BCUT2D eigenvalue weighted by molar-refractivity contribution is 5.67. The fraction of sp³-hybridized carbons (Fsp3) is 0.611. The van der Waals surface area contributed by atoms with Crippen LogP contribution in [0.4, 0.5) is 4.79 Å². The Kier molecular flexibility index (Phi) is 7.49. The second-order valence-electron chi connectivity index (χ2n) is 6.26. The van der Waals surface area contributed by atoms with Crippen molar-refractivity contribution < 1.29 is 19.4 Å². The van der Waals surface area contributed by atoms with Crippen molar-refractivity contribution in [1.29, 1.82) is 0 Å². The third-order valence-corrected chi connectivity index (χ3v) is 4.51. The Hall–Kier alpha value is -1.63. The number of hydrogen-bond donors (Lipinski definition) is 3. The number of rotatable bonds is 8. The minimum atomic E-state index is -0.771. The highest BCUT2D eigenvalue weighted by Gasteiger charge is 2.27. The zero-order valence-corrected chi connectivity index (χ0v) is 14.4. The van der Waals surface area contributed by atoms with Gasteiger partial charge in [-0.15, -0.1) is 0 Å². The number of amides is 1. The van der Waals surface area contributed by atoms with E-state index in [0.717, 1.165) is 18.4 Å². The summed E-state index contributed by atoms with van der Waals surface area (Å²) in [6.45, 7) is 5.55. The van der Waals surface area contributed by atoms with Crippen LogP contribution in [0.25, 0.3) is 0 Å². The lowest BCUT2D eigenvalue weighted by molar-refractivity contribution is -0.0719. The average molecular weight is 336 g/mol. The van der Waals surface area contributed by atoms with Gasteiger partial charge in [0.15, 0.2) is 6.29 Å². The molecule has 1 saturated heterocycles. The number of hydrogen-bond acceptors (Lipinski definition) is 5. The number of nitrogens with one attached hydrogen (secondary N) is 2. The van der Waals surface area contributed by atoms with Crippen molar-refractivity contribution in [3.8, 4) is 0 Å². The topological polar surface area (TPSA) is 79.8 Å². The van der Waals surface area contributed by atoms with Gasteiger partial charge in [-0.05, 0) is 17.9 Å². The largest absolute Gasteiger partial charge is 0.445 e. The van der Waals surface area contributed by atoms with Gasteiger partial charge in [0.2, 0.25) is 0 Å². The number of carbonyl (C=O) groups is 1. The average Bonchev–Trinajstić information content (AvgIpc) is 3.02. The summed E-state index contributed by atoms with van der Waals surface area (Å²) < 4.78 is 10.4. The smallest absolute Gasteiger partial charge is 0.407 e. The van der Waals surface area contributed by atoms with Crippen LogP contribution in [0.3, 0.4) is 0 Å². The molecule has 1 heterocycles. The zero-order chi connectivity index (χ0) is 17.4. The molecule has 0 radical (unpaired) electrons. The summed E-state index contributed by atoms with van der Waals surface area (Å²) in [5, 5.41) is 15.9. The third-order valence-electron chi connectivity index (χ3n) is 4.51. The molecule has 0 bridgehead atoms. The monoisotopic (exact) mass is 336 g/mol. The van der Waals surface area contributed by atoms with E-state index < -0.39 is 12.4 Å². The first-order valence-electron chi connectivity index (χ1n) is 8.60. The Morgan fingerprint density at radius 2 is 2.17 bits per heavy atom. The number of aliphatic hydroxyl groups is 1. The molecule has 0 spiro atoms. The zero-order valence-electron chi connectivity index (χ0n) is 14.4. The number of ether oxygens (including phenoxy) is 2. The molecular formula is C18H28N2O4. The van der Waals surface area contributed by atoms with Gasteiger partial charge in [0.1, 0.15) is 6.61 Å². The first-order chi connectivity index (χ1) is 11.6. The fourth-order valence-corrected chi connectivity index (χ4v) is 2.65. The molecule has 2 unspecified atom stereocenters. The van der Waals surface area contributed by atoms with E-state index in [1.165, 1.54) is 0 Å². The summed E-state index contributed by atoms with van der Waals surface area (Å²) in [7, 11) is 0. The summed E-state index contributed by atoms with van der Waals surface area (Å²) in [5.41, 5.74) is 0.956. The van der Waals surface area contributed by atoms with Gasteiger partial charge in [-0.3, -0.25) is 0 Å². The first-order valence-corrected chi connectivity index (χ1v) is 8.60. The summed E-state index contributed by atoms with van der Waals surface area (Å²) in [6.07, 6.45) is 0.517. The molecule has 0 saturated carbocycles. The molecule has 3 N–H and O–H groups in total. The fourth-order valence-electron chi connectivity index (χ4n) is 2.65. The highest BCUT2D eigenvalue weighted by atomic mass is 16.6. The van der Waals surface area contributed by atoms with Crippen molar-refractivity contribution in [2.75, 3.05) is 13.2 Å². The summed E-state index contributed by atoms with van der Waals surface area (Å²) in [5.74, 6) is 0.293. The SMILES string of the molecule is CCC(C)[C@H](CN[C@H]1CCOC1O)NC(=O)OCc1ccccc1. The maximum Gasteiger partial charge on any atom is 0.407 e. The molecule has 2 rings (SSSR count). The molecule has 6 nitrogen and oxygen atoms in total. The predicted octanol–water partition coefficient (Wildman–Crippen LogP) is 2.02. The molecule has 4 atom stereocenters. The van der Waals surface area contributed by atoms with Crippen LogP contribution in [0.1, 0.15) is 32.3 Å². The van der Waals surface area contributed by atoms with Crippen molar-refractivity contribution in [3.05, 3.63) is 35.9 Å². The Bertz CT molecular complexity index is 497. The molecule has 0 aromatic heterocycles. The molecular weight excluding hydrogens is 308 g/mol. The molecule has 1 aliphatic rings. The Morgan fingerprint density at radius 3 is 2.79 bits per heavy atom. The number of aliphatic hydroxyl groups excluding tert-OH is 1. The lowest BCUT2D eigenvalue weighted by Gasteiger charge is -2.26. The normalized spacial score (nSPS) is 22.8. The van der Waals surface area contributed by atoms with E-state index >= 15 is 0 Å². The molecule has 1 amide bonds. The molecule has 1 fully saturated rings. The van der Waals surface area contributed by atoms with Gasteiger partial charge in [0, 0.05) is 12.6 Å². The maximum absolute atomic E-state index is 12.1. The highest BCUT2D eigenvalue weighted by Crippen LogP contribution is 2.13. The molecule has 0 aliphatic carbocycles. The van der Waals surface area contributed by atoms with Gasteiger partial charge in [-0.1, -0.05) is 50.6 Å². The van der Waals surface area contributed by atoms with E-state index in [-0.39, 0.29) is 18.7 Å². The van der Waals surface area contributed by atoms with Crippen LogP contribution < -0.4 is 10.6 Å². The summed E-state index contributed by atoms with van der Waals surface area (Å²) in [4.78, 5) is 12.1. The standard InChI is InChI=1S/C18H28N2O4/c1-3-13(2)16(11-19-15-9-10-23-17(15)21)20-18(22)24-12-14-7-5-4-6-8-14/h4-8,13,15-17,19,21H,3,9-12H2,1-2H3,(H,20,22)/t13?,15-,16-,17?/m0/s1. The number of benzene rings is 1. The van der Waals surface area contributed by atoms with Gasteiger partial charge in [0.25, 0.3) is 0 Å². The number of carbonyl (C=O) groups excluding carboxylic acids is 1. The molecule has 1 aromatic rings. The van der Waals surface area contributed by atoms with Gasteiger partial charge in [-0.2, -0.15) is 0 Å². The van der Waals surface area contributed by atoms with Crippen molar-refractivity contribution in [2.45, 2.75) is 51.7 Å². The van der Waals surface area contributed by atoms with Crippen LogP contribution in [0, 0.1) is 5.92 Å². The van der Waals surface area contributed by atoms with Gasteiger partial charge < -0.3 is 25.2 Å². The lowest BCUT2D eigenvalue weighted by atomic mass is 9.99. The van der Waals surface area contributed by atoms with Crippen LogP contribution in [0.15, 0.2) is 30.3 Å². The van der Waals surface area contributed by atoms with Crippen LogP contribution in [-0.2, 0) is 16.1 Å². The Balaban J connectivity index is 1.80. The van der Waals surface area contributed by atoms with Crippen LogP contribution in [-0.4, -0.2) is 42.7 Å². The van der Waals surface area contributed by atoms with Crippen molar-refractivity contribution in [1.82, 2.24) is 10.6 Å². The van der Waals surface area contributed by atoms with E-state index in [0.29, 0.717) is 19.1 Å². The van der Waals surface area contributed by atoms with E-state index in [4.69, 9.17) is 9.47 Å². The van der Waals surface area contributed by atoms with Crippen LogP contribution in [0.2, 0.25) is 0 Å². The van der Waals surface area contributed by atoms with E-state index in [9.17, 15) is 9.90 Å². The van der Waals surface area contributed by atoms with Crippen molar-refractivity contribution >= 4 is 6.09 Å². The Labute approximate surface area is 143 Å². The minimum absolute atomic E-state index is 0.0638. The molecule has 6 heteroatoms. The molecule has 1 aromatic carbocycles. The van der Waals surface area contributed by atoms with E-state index in [1.807, 2.05) is 30.3 Å². The second-order valence-corrected chi connectivity index (χ2v) is 6.26. The molecule has 134 valence electrons. The summed E-state index contributed by atoms with van der Waals surface area (Å²) >= 11 is 0. The van der Waals surface area contributed by atoms with Crippen molar-refractivity contribution in [3.63, 3.8) is 0 Å². The van der Waals surface area contributed by atoms with E-state index in [1.54, 1.807) is 0 Å². The van der Waals surface area contributed by atoms with Crippen LogP contribution in [0.5, 0.6) is 0 Å². The van der Waals surface area contributed by atoms with Gasteiger partial charge in [0.05, 0.1) is 12.6 Å². The third kappa shape index (κ3) is 5.78. The van der Waals surface area contributed by atoms with Crippen LogP contribution >= 0.6 is 0 Å². The maximum atomic E-state index is 12.1. The lowest BCUT2D eigenvalue weighted by Crippen LogP contribution is -2.49. The van der Waals surface area contributed by atoms with Gasteiger partial charge in [-0.25, -0.2) is 4.79 Å². The minimum Gasteiger partial charge on any atom is -0.445 e. The molecule has 24 heavy (non-hydrogen) atoms. The van der Waals surface area contributed by atoms with Gasteiger partial charge >= 0.3 is 6.09 Å². The van der Waals surface area contributed by atoms with Crippen molar-refractivity contribution in [2.24, 2.45) is 5.92 Å². The second kappa shape index (κ2) is 9.61. The Morgan fingerprint density at radius 1 is 1.42 bits per heavy atom. The quantitative estimate of drug-likeness (QED) is 0.677.